The van der Waals surface area contributed by atoms with E-state index >= 15 is 0 Å². The van der Waals surface area contributed by atoms with Gasteiger partial charge < -0.3 is 0 Å². The average Bonchev–Trinajstić information content (AvgIpc) is 2.63. The quantitative estimate of drug-likeness (QED) is 0.937. The summed E-state index contributed by atoms with van der Waals surface area (Å²) < 4.78 is 39.4. The predicted octanol–water partition coefficient (Wildman–Crippen LogP) is 2.85. The van der Waals surface area contributed by atoms with Crippen molar-refractivity contribution in [2.75, 3.05) is 4.72 Å². The first-order valence-electron chi connectivity index (χ1n) is 4.37. The van der Waals surface area contributed by atoms with Crippen LogP contribution < -0.4 is 4.72 Å². The van der Waals surface area contributed by atoms with E-state index in [0.29, 0.717) is 3.79 Å². The van der Waals surface area contributed by atoms with Crippen molar-refractivity contribution < 1.29 is 12.8 Å². The van der Waals surface area contributed by atoms with Crippen LogP contribution in [-0.2, 0) is 10.0 Å². The van der Waals surface area contributed by atoms with Gasteiger partial charge in [0.1, 0.15) is 5.82 Å². The van der Waals surface area contributed by atoms with Gasteiger partial charge in [0.25, 0.3) is 10.0 Å². The number of rotatable bonds is 3. The molecule has 1 aromatic heterocycles. The van der Waals surface area contributed by atoms with Crippen LogP contribution in [0, 0.1) is 5.82 Å². The molecule has 90 valence electrons. The monoisotopic (exact) mass is 336 g/mol. The average molecular weight is 337 g/mol. The van der Waals surface area contributed by atoms with Crippen molar-refractivity contribution in [3.8, 4) is 0 Å². The highest BCUT2D eigenvalue weighted by Gasteiger charge is 2.15. The second kappa shape index (κ2) is 4.71. The molecule has 0 aliphatic carbocycles. The van der Waals surface area contributed by atoms with Crippen LogP contribution in [0.25, 0.3) is 0 Å². The van der Waals surface area contributed by atoms with Gasteiger partial charge in [-0.3, -0.25) is 4.72 Å². The number of nitrogens with zero attached hydrogens (tertiary/aromatic N) is 1. The SMILES string of the molecule is O=S(=O)(Nc1ncc(Br)s1)c1ccc(F)cc1. The van der Waals surface area contributed by atoms with Crippen molar-refractivity contribution >= 4 is 42.4 Å². The molecule has 0 radical (unpaired) electrons. The topological polar surface area (TPSA) is 59.1 Å². The van der Waals surface area contributed by atoms with Crippen molar-refractivity contribution in [3.63, 3.8) is 0 Å². The molecule has 1 N–H and O–H groups in total. The number of sulfonamides is 1. The Hall–Kier alpha value is -0.990. The van der Waals surface area contributed by atoms with Gasteiger partial charge in [0, 0.05) is 0 Å². The van der Waals surface area contributed by atoms with Crippen LogP contribution in [0.15, 0.2) is 39.1 Å². The van der Waals surface area contributed by atoms with Crippen LogP contribution in [0.5, 0.6) is 0 Å². The molecular formula is C9H6BrFN2O2S2. The summed E-state index contributed by atoms with van der Waals surface area (Å²) in [5.74, 6) is -0.485. The molecule has 0 spiro atoms. The Morgan fingerprint density at radius 2 is 1.94 bits per heavy atom. The highest BCUT2D eigenvalue weighted by Crippen LogP contribution is 2.25. The summed E-state index contributed by atoms with van der Waals surface area (Å²) in [5.41, 5.74) is 0. The molecule has 0 aliphatic heterocycles. The van der Waals surface area contributed by atoms with Crippen molar-refractivity contribution in [2.45, 2.75) is 4.90 Å². The lowest BCUT2D eigenvalue weighted by Crippen LogP contribution is -2.12. The number of nitrogens with one attached hydrogen (secondary N) is 1. The molecule has 2 rings (SSSR count). The van der Waals surface area contributed by atoms with Crippen LogP contribution in [0.1, 0.15) is 0 Å². The van der Waals surface area contributed by atoms with Crippen LogP contribution in [0.4, 0.5) is 9.52 Å². The number of aromatic nitrogens is 1. The van der Waals surface area contributed by atoms with Gasteiger partial charge in [0.2, 0.25) is 0 Å². The van der Waals surface area contributed by atoms with Crippen LogP contribution >= 0.6 is 27.3 Å². The second-order valence-corrected chi connectivity index (χ2v) is 7.12. The maximum atomic E-state index is 12.7. The third-order valence-corrected chi connectivity index (χ3v) is 4.70. The lowest BCUT2D eigenvalue weighted by atomic mass is 10.4. The molecule has 8 heteroatoms. The van der Waals surface area contributed by atoms with Gasteiger partial charge in [-0.05, 0) is 40.2 Å². The third kappa shape index (κ3) is 3.02. The van der Waals surface area contributed by atoms with Gasteiger partial charge in [-0.15, -0.1) is 0 Å². The first kappa shape index (κ1) is 12.5. The zero-order valence-electron chi connectivity index (χ0n) is 8.22. The zero-order chi connectivity index (χ0) is 12.5. The fourth-order valence-corrected chi connectivity index (χ4v) is 3.44. The number of thiazole rings is 1. The Balaban J connectivity index is 2.28. The van der Waals surface area contributed by atoms with E-state index in [4.69, 9.17) is 0 Å². The summed E-state index contributed by atoms with van der Waals surface area (Å²) in [5, 5.41) is 0.251. The van der Waals surface area contributed by atoms with E-state index in [2.05, 4.69) is 25.6 Å². The van der Waals surface area contributed by atoms with Crippen molar-refractivity contribution in [1.29, 1.82) is 0 Å². The maximum absolute atomic E-state index is 12.7. The number of benzene rings is 1. The molecule has 1 aromatic carbocycles. The fraction of sp³-hybridized carbons (Fsp3) is 0. The van der Waals surface area contributed by atoms with Crippen molar-refractivity contribution in [1.82, 2.24) is 4.98 Å². The van der Waals surface area contributed by atoms with E-state index in [-0.39, 0.29) is 10.0 Å². The van der Waals surface area contributed by atoms with Crippen molar-refractivity contribution in [2.24, 2.45) is 0 Å². The van der Waals surface area contributed by atoms with Gasteiger partial charge in [-0.25, -0.2) is 17.8 Å². The summed E-state index contributed by atoms with van der Waals surface area (Å²) in [6, 6.07) is 4.57. The van der Waals surface area contributed by atoms with Gasteiger partial charge in [-0.2, -0.15) is 0 Å². The minimum absolute atomic E-state index is 0.00905. The van der Waals surface area contributed by atoms with Gasteiger partial charge >= 0.3 is 0 Å². The Bertz CT molecular complexity index is 625. The highest BCUT2D eigenvalue weighted by molar-refractivity contribution is 9.11. The van der Waals surface area contributed by atoms with E-state index in [1.54, 1.807) is 0 Å². The van der Waals surface area contributed by atoms with Gasteiger partial charge in [0.05, 0.1) is 14.9 Å². The lowest BCUT2D eigenvalue weighted by molar-refractivity contribution is 0.599. The molecular weight excluding hydrogens is 331 g/mol. The van der Waals surface area contributed by atoms with Crippen LogP contribution in [0.2, 0.25) is 0 Å². The fourth-order valence-electron chi connectivity index (χ4n) is 1.09. The number of anilines is 1. The molecule has 0 aliphatic rings. The molecule has 17 heavy (non-hydrogen) atoms. The first-order chi connectivity index (χ1) is 7.97. The minimum Gasteiger partial charge on any atom is -0.255 e. The highest BCUT2D eigenvalue weighted by atomic mass is 79.9. The molecule has 1 heterocycles. The van der Waals surface area contributed by atoms with E-state index in [0.717, 1.165) is 23.5 Å². The predicted molar refractivity (Wildman–Crippen MR) is 67.0 cm³/mol. The normalized spacial score (nSPS) is 11.4. The Labute approximate surface area is 110 Å². The Morgan fingerprint density at radius 3 is 2.47 bits per heavy atom. The Morgan fingerprint density at radius 1 is 1.29 bits per heavy atom. The molecule has 0 saturated heterocycles. The van der Waals surface area contributed by atoms with Crippen molar-refractivity contribution in [3.05, 3.63) is 40.1 Å². The molecule has 0 unspecified atom stereocenters. The molecule has 2 aromatic rings. The Kier molecular flexibility index (Phi) is 3.45. The molecule has 0 atom stereocenters. The standard InChI is InChI=1S/C9H6BrFN2O2S2/c10-8-5-12-9(16-8)13-17(14,15)7-3-1-6(11)2-4-7/h1-5H,(H,12,13). The van der Waals surface area contributed by atoms with E-state index in [1.165, 1.54) is 18.3 Å². The molecule has 4 nitrogen and oxygen atoms in total. The zero-order valence-corrected chi connectivity index (χ0v) is 11.4. The van der Waals surface area contributed by atoms with E-state index in [1.807, 2.05) is 0 Å². The van der Waals surface area contributed by atoms with Gasteiger partial charge in [0.15, 0.2) is 5.13 Å². The molecule has 0 fully saturated rings. The summed E-state index contributed by atoms with van der Waals surface area (Å²) in [6.07, 6.45) is 1.49. The van der Waals surface area contributed by atoms with E-state index < -0.39 is 15.8 Å². The van der Waals surface area contributed by atoms with Crippen LogP contribution in [0.3, 0.4) is 0 Å². The third-order valence-electron chi connectivity index (χ3n) is 1.82. The first-order valence-corrected chi connectivity index (χ1v) is 7.46. The summed E-state index contributed by atoms with van der Waals surface area (Å²) in [6.45, 7) is 0. The smallest absolute Gasteiger partial charge is 0.255 e. The molecule has 0 saturated carbocycles. The summed E-state index contributed by atoms with van der Waals surface area (Å²) in [4.78, 5) is 3.84. The number of hydrogen-bond acceptors (Lipinski definition) is 4. The summed E-state index contributed by atoms with van der Waals surface area (Å²) >= 11 is 4.33. The van der Waals surface area contributed by atoms with E-state index in [9.17, 15) is 12.8 Å². The minimum atomic E-state index is -3.71. The molecule has 0 bridgehead atoms. The number of hydrogen-bond donors (Lipinski definition) is 1. The second-order valence-electron chi connectivity index (χ2n) is 3.03. The largest absolute Gasteiger partial charge is 0.263 e. The lowest BCUT2D eigenvalue weighted by Gasteiger charge is -2.04. The molecule has 0 amide bonds. The summed E-state index contributed by atoms with van der Waals surface area (Å²) in [7, 11) is -3.71. The maximum Gasteiger partial charge on any atom is 0.263 e. The number of halogens is 2. The van der Waals surface area contributed by atoms with Crippen LogP contribution in [-0.4, -0.2) is 13.4 Å². The van der Waals surface area contributed by atoms with Gasteiger partial charge in [-0.1, -0.05) is 11.3 Å².